The zero-order chi connectivity index (χ0) is 20.5. The average molecular weight is 403 g/mol. The Morgan fingerprint density at radius 1 is 1.30 bits per heavy atom. The van der Waals surface area contributed by atoms with Crippen LogP contribution in [0.5, 0.6) is 0 Å². The molecule has 1 aromatic carbocycles. The van der Waals surface area contributed by atoms with Crippen molar-refractivity contribution in [3.63, 3.8) is 0 Å². The Morgan fingerprint density at radius 2 is 2.23 bits per heavy atom. The lowest BCUT2D eigenvalue weighted by molar-refractivity contribution is 0.0503. The molecule has 0 saturated carbocycles. The maximum absolute atomic E-state index is 13.2. The molecule has 0 bridgehead atoms. The summed E-state index contributed by atoms with van der Waals surface area (Å²) in [6, 6.07) is 8.19. The fraction of sp³-hybridized carbons (Fsp3) is 0.333. The number of benzene rings is 1. The molecule has 1 aliphatic heterocycles. The van der Waals surface area contributed by atoms with Gasteiger partial charge in [0.2, 0.25) is 0 Å². The highest BCUT2D eigenvalue weighted by atomic mass is 16.5. The molecule has 1 unspecified atom stereocenters. The van der Waals surface area contributed by atoms with Gasteiger partial charge in [-0.25, -0.2) is 4.98 Å². The van der Waals surface area contributed by atoms with Crippen LogP contribution in [0.1, 0.15) is 34.5 Å². The van der Waals surface area contributed by atoms with Gasteiger partial charge in [-0.3, -0.25) is 9.78 Å². The first-order valence-electron chi connectivity index (χ1n) is 9.96. The fourth-order valence-corrected chi connectivity index (χ4v) is 3.93. The van der Waals surface area contributed by atoms with Crippen LogP contribution in [0.2, 0.25) is 0 Å². The molecule has 5 rings (SSSR count). The lowest BCUT2D eigenvalue weighted by Crippen LogP contribution is -2.37. The zero-order valence-electron chi connectivity index (χ0n) is 16.6. The van der Waals surface area contributed by atoms with Gasteiger partial charge in [-0.1, -0.05) is 11.6 Å². The Hall–Kier alpha value is -3.46. The number of pyridine rings is 1. The van der Waals surface area contributed by atoms with E-state index in [1.54, 1.807) is 15.6 Å². The normalized spacial score (nSPS) is 16.4. The maximum atomic E-state index is 13.2. The predicted octanol–water partition coefficient (Wildman–Crippen LogP) is 2.20. The van der Waals surface area contributed by atoms with E-state index >= 15 is 0 Å². The molecule has 9 nitrogen and oxygen atoms in total. The van der Waals surface area contributed by atoms with E-state index in [0.29, 0.717) is 24.4 Å². The first-order valence-corrected chi connectivity index (χ1v) is 9.96. The number of amides is 1. The second kappa shape index (κ2) is 7.75. The molecule has 1 atom stereocenters. The van der Waals surface area contributed by atoms with Crippen molar-refractivity contribution in [1.29, 1.82) is 0 Å². The molecule has 4 heterocycles. The van der Waals surface area contributed by atoms with Gasteiger partial charge >= 0.3 is 0 Å². The van der Waals surface area contributed by atoms with Crippen LogP contribution in [-0.2, 0) is 11.3 Å². The topological polar surface area (TPSA) is 98.4 Å². The Bertz CT molecular complexity index is 1200. The molecule has 0 N–H and O–H groups in total. The summed E-state index contributed by atoms with van der Waals surface area (Å²) in [5.41, 5.74) is 3.88. The van der Waals surface area contributed by atoms with Crippen molar-refractivity contribution in [2.24, 2.45) is 0 Å². The minimum atomic E-state index is -0.187. The van der Waals surface area contributed by atoms with Crippen LogP contribution < -0.4 is 0 Å². The first-order chi connectivity index (χ1) is 14.7. The Kier molecular flexibility index (Phi) is 4.80. The van der Waals surface area contributed by atoms with E-state index < -0.39 is 0 Å². The van der Waals surface area contributed by atoms with Crippen LogP contribution in [0.25, 0.3) is 16.6 Å². The van der Waals surface area contributed by atoms with Crippen LogP contribution in [0.4, 0.5) is 0 Å². The van der Waals surface area contributed by atoms with Crippen molar-refractivity contribution < 1.29 is 9.53 Å². The highest BCUT2D eigenvalue weighted by Gasteiger charge is 2.25. The monoisotopic (exact) mass is 403 g/mol. The molecule has 9 heteroatoms. The van der Waals surface area contributed by atoms with Crippen molar-refractivity contribution in [1.82, 2.24) is 34.9 Å². The lowest BCUT2D eigenvalue weighted by atomic mass is 10.1. The number of hydrogen-bond acceptors (Lipinski definition) is 7. The van der Waals surface area contributed by atoms with Gasteiger partial charge in [-0.05, 0) is 48.4 Å². The molecular formula is C21H21N7O2. The van der Waals surface area contributed by atoms with E-state index in [9.17, 15) is 4.79 Å². The number of hydrogen-bond donors (Lipinski definition) is 0. The van der Waals surface area contributed by atoms with Gasteiger partial charge in [0, 0.05) is 43.0 Å². The molecule has 0 aliphatic carbocycles. The number of fused-ring (bicyclic) bond motifs is 3. The molecular weight excluding hydrogens is 382 g/mol. The van der Waals surface area contributed by atoms with Crippen molar-refractivity contribution in [2.45, 2.75) is 32.4 Å². The number of rotatable bonds is 5. The van der Waals surface area contributed by atoms with Gasteiger partial charge in [-0.2, -0.15) is 4.52 Å². The number of nitrogens with zero attached hydrogens (tertiary/aromatic N) is 7. The SMILES string of the molecule is Cc1ccc2c(c1)cc(CN(CC1CCCO1)C(=O)c1cnccn1)c1nnnn12. The Balaban J connectivity index is 1.55. The maximum Gasteiger partial charge on any atom is 0.274 e. The molecule has 1 aliphatic rings. The molecule has 1 saturated heterocycles. The molecule has 30 heavy (non-hydrogen) atoms. The summed E-state index contributed by atoms with van der Waals surface area (Å²) in [6.45, 7) is 3.60. The zero-order valence-corrected chi connectivity index (χ0v) is 16.6. The Morgan fingerprint density at radius 3 is 3.03 bits per heavy atom. The smallest absolute Gasteiger partial charge is 0.274 e. The number of carbonyl (C=O) groups is 1. The van der Waals surface area contributed by atoms with E-state index in [1.807, 2.05) is 19.1 Å². The summed E-state index contributed by atoms with van der Waals surface area (Å²) < 4.78 is 7.51. The second-order valence-corrected chi connectivity index (χ2v) is 7.56. The van der Waals surface area contributed by atoms with Gasteiger partial charge in [0.15, 0.2) is 5.65 Å². The number of aromatic nitrogens is 6. The summed E-state index contributed by atoms with van der Waals surface area (Å²) in [5, 5.41) is 13.3. The van der Waals surface area contributed by atoms with E-state index in [4.69, 9.17) is 4.74 Å². The van der Waals surface area contributed by atoms with E-state index in [0.717, 1.165) is 41.5 Å². The van der Waals surface area contributed by atoms with Gasteiger partial charge in [0.05, 0.1) is 17.8 Å². The first kappa shape index (κ1) is 18.6. The van der Waals surface area contributed by atoms with Crippen LogP contribution >= 0.6 is 0 Å². The third-order valence-corrected chi connectivity index (χ3v) is 5.38. The highest BCUT2D eigenvalue weighted by Crippen LogP contribution is 2.23. The summed E-state index contributed by atoms with van der Waals surface area (Å²) >= 11 is 0. The minimum Gasteiger partial charge on any atom is -0.376 e. The van der Waals surface area contributed by atoms with Crippen molar-refractivity contribution in [2.75, 3.05) is 13.2 Å². The van der Waals surface area contributed by atoms with Crippen molar-refractivity contribution in [3.8, 4) is 0 Å². The van der Waals surface area contributed by atoms with Gasteiger partial charge in [-0.15, -0.1) is 5.10 Å². The van der Waals surface area contributed by atoms with Crippen LogP contribution in [0.15, 0.2) is 42.9 Å². The second-order valence-electron chi connectivity index (χ2n) is 7.56. The molecule has 152 valence electrons. The minimum absolute atomic E-state index is 0.0142. The van der Waals surface area contributed by atoms with E-state index in [2.05, 4.69) is 37.6 Å². The van der Waals surface area contributed by atoms with Gasteiger partial charge in [0.25, 0.3) is 5.91 Å². The molecule has 4 aromatic rings. The van der Waals surface area contributed by atoms with E-state index in [1.165, 1.54) is 12.4 Å². The molecule has 1 amide bonds. The third-order valence-electron chi connectivity index (χ3n) is 5.38. The van der Waals surface area contributed by atoms with Crippen molar-refractivity contribution >= 4 is 22.5 Å². The van der Waals surface area contributed by atoms with Crippen molar-refractivity contribution in [3.05, 3.63) is 59.7 Å². The largest absolute Gasteiger partial charge is 0.376 e. The standard InChI is InChI=1S/C21H21N7O2/c1-14-4-5-19-15(9-14)10-16(20-24-25-26-28(19)20)12-27(13-17-3-2-8-30-17)21(29)18-11-22-6-7-23-18/h4-7,9-11,17H,2-3,8,12-13H2,1H3. The highest BCUT2D eigenvalue weighted by molar-refractivity contribution is 5.92. The average Bonchev–Trinajstić information content (AvgIpc) is 3.45. The van der Waals surface area contributed by atoms with E-state index in [-0.39, 0.29) is 12.0 Å². The summed E-state index contributed by atoms with van der Waals surface area (Å²) in [7, 11) is 0. The van der Waals surface area contributed by atoms with Crippen LogP contribution in [-0.4, -0.2) is 60.1 Å². The summed E-state index contributed by atoms with van der Waals surface area (Å²) in [4.78, 5) is 23.2. The van der Waals surface area contributed by atoms with Crippen LogP contribution in [0, 0.1) is 6.92 Å². The Labute approximate surface area is 172 Å². The number of tetrazole rings is 1. The third kappa shape index (κ3) is 3.48. The quantitative estimate of drug-likeness (QED) is 0.504. The number of carbonyl (C=O) groups excluding carboxylic acids is 1. The summed E-state index contributed by atoms with van der Waals surface area (Å²) in [6.07, 6.45) is 6.52. The number of ether oxygens (including phenoxy) is 1. The van der Waals surface area contributed by atoms with Gasteiger partial charge in [0.1, 0.15) is 5.69 Å². The lowest BCUT2D eigenvalue weighted by Gasteiger charge is -2.25. The summed E-state index contributed by atoms with van der Waals surface area (Å²) in [5.74, 6) is -0.187. The molecule has 3 aromatic heterocycles. The molecule has 0 spiro atoms. The molecule has 1 fully saturated rings. The molecule has 0 radical (unpaired) electrons. The van der Waals surface area contributed by atoms with Crippen LogP contribution in [0.3, 0.4) is 0 Å². The fourth-order valence-electron chi connectivity index (χ4n) is 3.93. The predicted molar refractivity (Wildman–Crippen MR) is 109 cm³/mol. The number of aryl methyl sites for hydroxylation is 1. The van der Waals surface area contributed by atoms with Gasteiger partial charge < -0.3 is 9.64 Å².